The van der Waals surface area contributed by atoms with Gasteiger partial charge in [0, 0.05) is 31.3 Å². The molecule has 26 heavy (non-hydrogen) atoms. The molecule has 0 unspecified atom stereocenters. The first kappa shape index (κ1) is 19.0. The molecule has 0 spiro atoms. The second kappa shape index (κ2) is 9.26. The highest BCUT2D eigenvalue weighted by atomic mass is 16.4. The number of carbonyl (C=O) groups is 2. The van der Waals surface area contributed by atoms with Crippen molar-refractivity contribution in [1.82, 2.24) is 9.88 Å². The number of likely N-dealkylation sites (tertiary alicyclic amines) is 1. The summed E-state index contributed by atoms with van der Waals surface area (Å²) in [4.78, 5) is 30.0. The fraction of sp³-hybridized carbons (Fsp3) is 0.667. The molecule has 1 N–H and O–H groups in total. The highest BCUT2D eigenvalue weighted by molar-refractivity contribution is 5.78. The number of hydrogen-bond acceptors (Lipinski definition) is 4. The number of pyridine rings is 1. The Balaban J connectivity index is 1.37. The maximum absolute atomic E-state index is 12.3. The van der Waals surface area contributed by atoms with E-state index in [0.717, 1.165) is 45.2 Å². The van der Waals surface area contributed by atoms with Crippen molar-refractivity contribution in [3.05, 3.63) is 30.1 Å². The summed E-state index contributed by atoms with van der Waals surface area (Å²) in [6.07, 6.45) is 11.6. The van der Waals surface area contributed by atoms with Gasteiger partial charge in [0.1, 0.15) is 5.78 Å². The molecule has 1 aromatic heterocycles. The summed E-state index contributed by atoms with van der Waals surface area (Å²) in [6.45, 7) is 2.07. The highest BCUT2D eigenvalue weighted by Gasteiger charge is 2.28. The van der Waals surface area contributed by atoms with Crippen LogP contribution in [0.1, 0.15) is 69.4 Å². The van der Waals surface area contributed by atoms with Crippen LogP contribution in [0, 0.1) is 11.8 Å². The third-order valence-electron chi connectivity index (χ3n) is 6.05. The van der Waals surface area contributed by atoms with Gasteiger partial charge in [-0.2, -0.15) is 0 Å². The minimum Gasteiger partial charge on any atom is -0.481 e. The molecule has 2 fully saturated rings. The van der Waals surface area contributed by atoms with Crippen LogP contribution in [0.5, 0.6) is 0 Å². The van der Waals surface area contributed by atoms with E-state index >= 15 is 0 Å². The summed E-state index contributed by atoms with van der Waals surface area (Å²) in [7, 11) is 0. The average Bonchev–Trinajstić information content (AvgIpc) is 3.11. The molecule has 1 aromatic rings. The van der Waals surface area contributed by atoms with Gasteiger partial charge in [-0.15, -0.1) is 0 Å². The summed E-state index contributed by atoms with van der Waals surface area (Å²) >= 11 is 0. The van der Waals surface area contributed by atoms with Gasteiger partial charge < -0.3 is 5.11 Å². The van der Waals surface area contributed by atoms with Crippen LogP contribution in [0.15, 0.2) is 24.5 Å². The van der Waals surface area contributed by atoms with E-state index in [1.807, 2.05) is 18.5 Å². The van der Waals surface area contributed by atoms with Crippen LogP contribution in [0.25, 0.3) is 0 Å². The number of rotatable bonds is 8. The lowest BCUT2D eigenvalue weighted by Crippen LogP contribution is -2.25. The number of aliphatic carboxylic acids is 1. The molecular formula is C21H30N2O3. The molecule has 1 aliphatic heterocycles. The molecule has 1 aliphatic carbocycles. The fourth-order valence-electron chi connectivity index (χ4n) is 4.56. The number of aromatic nitrogens is 1. The van der Waals surface area contributed by atoms with Crippen molar-refractivity contribution in [2.75, 3.05) is 13.1 Å². The summed E-state index contributed by atoms with van der Waals surface area (Å²) in [5, 5.41) is 9.05. The van der Waals surface area contributed by atoms with Crippen LogP contribution in [0.2, 0.25) is 0 Å². The molecule has 0 aromatic carbocycles. The predicted molar refractivity (Wildman–Crippen MR) is 99.7 cm³/mol. The van der Waals surface area contributed by atoms with E-state index in [4.69, 9.17) is 5.11 Å². The summed E-state index contributed by atoms with van der Waals surface area (Å²) in [6, 6.07) is 4.59. The quantitative estimate of drug-likeness (QED) is 0.764. The number of ketones is 1. The van der Waals surface area contributed by atoms with Gasteiger partial charge >= 0.3 is 5.97 Å². The minimum atomic E-state index is -0.677. The maximum Gasteiger partial charge on any atom is 0.306 e. The molecule has 2 heterocycles. The average molecular weight is 358 g/mol. The number of Topliss-reactive ketones (excluding diaryl/α,β-unsaturated/α-hetero) is 1. The van der Waals surface area contributed by atoms with E-state index in [0.29, 0.717) is 30.6 Å². The van der Waals surface area contributed by atoms with Crippen LogP contribution in [-0.2, 0) is 9.59 Å². The van der Waals surface area contributed by atoms with Crippen molar-refractivity contribution >= 4 is 11.8 Å². The van der Waals surface area contributed by atoms with E-state index in [9.17, 15) is 9.59 Å². The van der Waals surface area contributed by atoms with Gasteiger partial charge in [0.2, 0.25) is 0 Å². The monoisotopic (exact) mass is 358 g/mol. The van der Waals surface area contributed by atoms with Crippen molar-refractivity contribution < 1.29 is 14.7 Å². The number of carbonyl (C=O) groups excluding carboxylic acids is 1. The maximum atomic E-state index is 12.3. The van der Waals surface area contributed by atoms with Crippen LogP contribution >= 0.6 is 0 Å². The molecule has 0 amide bonds. The van der Waals surface area contributed by atoms with Crippen molar-refractivity contribution in [2.24, 2.45) is 11.8 Å². The van der Waals surface area contributed by atoms with E-state index in [1.54, 1.807) is 0 Å². The number of carboxylic acid groups (broad SMARTS) is 1. The molecule has 0 bridgehead atoms. The van der Waals surface area contributed by atoms with Crippen molar-refractivity contribution in [3.63, 3.8) is 0 Å². The van der Waals surface area contributed by atoms with Crippen molar-refractivity contribution in [3.8, 4) is 0 Å². The minimum absolute atomic E-state index is 0.194. The first-order valence-electron chi connectivity index (χ1n) is 10.0. The Labute approximate surface area is 155 Å². The lowest BCUT2D eigenvalue weighted by Gasteiger charge is -2.26. The number of hydrogen-bond donors (Lipinski definition) is 1. The molecule has 2 aliphatic rings. The molecule has 142 valence electrons. The zero-order valence-electron chi connectivity index (χ0n) is 15.5. The molecule has 1 saturated heterocycles. The van der Waals surface area contributed by atoms with Gasteiger partial charge in [-0.05, 0) is 75.6 Å². The summed E-state index contributed by atoms with van der Waals surface area (Å²) < 4.78 is 0. The standard InChI is InChI=1S/C21H30N2O3/c24-19(14-16-7-9-17(10-8-16)21(25)26)5-2-12-23-13-3-6-20(23)18-4-1-11-22-15-18/h1,4,11,15-17,20H,2-3,5-10,12-14H2,(H,25,26)/t16?,17?,20-/m0/s1. The Morgan fingerprint density at radius 1 is 1.19 bits per heavy atom. The molecule has 5 heteroatoms. The van der Waals surface area contributed by atoms with Gasteiger partial charge in [-0.3, -0.25) is 19.5 Å². The lowest BCUT2D eigenvalue weighted by molar-refractivity contribution is -0.143. The van der Waals surface area contributed by atoms with Crippen LogP contribution in [0.3, 0.4) is 0 Å². The first-order chi connectivity index (χ1) is 12.6. The van der Waals surface area contributed by atoms with Crippen LogP contribution < -0.4 is 0 Å². The predicted octanol–water partition coefficient (Wildman–Crippen LogP) is 3.85. The van der Waals surface area contributed by atoms with E-state index in [2.05, 4.69) is 16.0 Å². The smallest absolute Gasteiger partial charge is 0.306 e. The first-order valence-corrected chi connectivity index (χ1v) is 10.0. The number of carboxylic acids is 1. The zero-order chi connectivity index (χ0) is 18.4. The highest BCUT2D eigenvalue weighted by Crippen LogP contribution is 2.33. The van der Waals surface area contributed by atoms with Crippen molar-refractivity contribution in [2.45, 2.75) is 63.8 Å². The number of nitrogens with zero attached hydrogens (tertiary/aromatic N) is 2. The third-order valence-corrected chi connectivity index (χ3v) is 6.05. The van der Waals surface area contributed by atoms with Gasteiger partial charge in [0.05, 0.1) is 5.92 Å². The van der Waals surface area contributed by atoms with Gasteiger partial charge in [0.25, 0.3) is 0 Å². The molecule has 5 nitrogen and oxygen atoms in total. The van der Waals surface area contributed by atoms with Gasteiger partial charge in [-0.25, -0.2) is 0 Å². The Hall–Kier alpha value is -1.75. The molecule has 1 saturated carbocycles. The summed E-state index contributed by atoms with van der Waals surface area (Å²) in [5.74, 6) is -0.126. The normalized spacial score (nSPS) is 26.7. The van der Waals surface area contributed by atoms with E-state index in [-0.39, 0.29) is 5.92 Å². The Morgan fingerprint density at radius 2 is 2.00 bits per heavy atom. The van der Waals surface area contributed by atoms with Crippen LogP contribution in [0.4, 0.5) is 0 Å². The van der Waals surface area contributed by atoms with Gasteiger partial charge in [-0.1, -0.05) is 6.07 Å². The van der Waals surface area contributed by atoms with Crippen LogP contribution in [-0.4, -0.2) is 39.8 Å². The van der Waals surface area contributed by atoms with Gasteiger partial charge in [0.15, 0.2) is 0 Å². The molecule has 0 radical (unpaired) electrons. The Bertz CT molecular complexity index is 597. The third kappa shape index (κ3) is 5.13. The second-order valence-electron chi connectivity index (χ2n) is 7.88. The van der Waals surface area contributed by atoms with Crippen molar-refractivity contribution in [1.29, 1.82) is 0 Å². The molecule has 3 rings (SSSR count). The molecule has 1 atom stereocenters. The Kier molecular flexibility index (Phi) is 6.78. The molecular weight excluding hydrogens is 328 g/mol. The fourth-order valence-corrected chi connectivity index (χ4v) is 4.56. The summed E-state index contributed by atoms with van der Waals surface area (Å²) in [5.41, 5.74) is 1.28. The topological polar surface area (TPSA) is 70.5 Å². The Morgan fingerprint density at radius 3 is 2.69 bits per heavy atom. The lowest BCUT2D eigenvalue weighted by atomic mass is 9.79. The SMILES string of the molecule is O=C(CCCN1CCC[C@H]1c1cccnc1)CC1CCC(C(=O)O)CC1. The largest absolute Gasteiger partial charge is 0.481 e. The van der Waals surface area contributed by atoms with E-state index in [1.165, 1.54) is 18.4 Å². The zero-order valence-corrected chi connectivity index (χ0v) is 15.5. The second-order valence-corrected chi connectivity index (χ2v) is 7.88. The van der Waals surface area contributed by atoms with E-state index < -0.39 is 5.97 Å².